The van der Waals surface area contributed by atoms with Gasteiger partial charge in [0.05, 0.1) is 41.9 Å². The third-order valence-corrected chi connectivity index (χ3v) is 5.44. The predicted molar refractivity (Wildman–Crippen MR) is 107 cm³/mol. The fourth-order valence-electron chi connectivity index (χ4n) is 3.78. The van der Waals surface area contributed by atoms with Gasteiger partial charge in [0, 0.05) is 12.6 Å². The van der Waals surface area contributed by atoms with E-state index < -0.39 is 35.8 Å². The molecule has 4 aromatic heterocycles. The number of amides is 2. The van der Waals surface area contributed by atoms with Crippen LogP contribution in [0.15, 0.2) is 36.9 Å². The molecule has 0 aromatic carbocycles. The molecule has 5 heterocycles. The second-order valence-corrected chi connectivity index (χ2v) is 7.60. The third kappa shape index (κ3) is 3.10. The fourth-order valence-corrected chi connectivity index (χ4v) is 3.78. The Morgan fingerprint density at radius 3 is 2.62 bits per heavy atom. The first-order valence-corrected chi connectivity index (χ1v) is 9.59. The zero-order valence-corrected chi connectivity index (χ0v) is 17.1. The van der Waals surface area contributed by atoms with Crippen molar-refractivity contribution in [3.8, 4) is 11.9 Å². The molecule has 0 saturated heterocycles. The van der Waals surface area contributed by atoms with Crippen molar-refractivity contribution in [2.75, 3.05) is 16.8 Å². The van der Waals surface area contributed by atoms with Crippen molar-refractivity contribution >= 4 is 23.1 Å². The Morgan fingerprint density at radius 1 is 1.21 bits per heavy atom. The SMILES string of the molecule is C[C@]1(C(F)(F)F)CN(C(=O)Nc2cnc(-n3nccn3)c(C#N)c2)c2cnc3cc(F)nn3c21. The van der Waals surface area contributed by atoms with E-state index in [4.69, 9.17) is 0 Å². The van der Waals surface area contributed by atoms with E-state index in [1.54, 1.807) is 0 Å². The number of nitriles is 1. The van der Waals surface area contributed by atoms with Crippen LogP contribution in [0.25, 0.3) is 11.5 Å². The van der Waals surface area contributed by atoms with Crippen LogP contribution in [0.4, 0.5) is 33.7 Å². The summed E-state index contributed by atoms with van der Waals surface area (Å²) in [5, 5.41) is 23.1. The quantitative estimate of drug-likeness (QED) is 0.444. The first-order valence-electron chi connectivity index (χ1n) is 9.59. The van der Waals surface area contributed by atoms with E-state index in [-0.39, 0.29) is 28.4 Å². The number of nitrogens with zero attached hydrogens (tertiary/aromatic N) is 9. The lowest BCUT2D eigenvalue weighted by atomic mass is 9.88. The Balaban J connectivity index is 1.53. The van der Waals surface area contributed by atoms with Crippen LogP contribution in [0.5, 0.6) is 0 Å². The highest BCUT2D eigenvalue weighted by molar-refractivity contribution is 6.03. The summed E-state index contributed by atoms with van der Waals surface area (Å²) in [5.41, 5.74) is -3.20. The van der Waals surface area contributed by atoms with Crippen molar-refractivity contribution in [1.29, 1.82) is 5.26 Å². The molecule has 2 amide bonds. The smallest absolute Gasteiger partial charge is 0.306 e. The Labute approximate surface area is 187 Å². The number of hydrogen-bond donors (Lipinski definition) is 1. The number of urea groups is 1. The number of nitrogens with one attached hydrogen (secondary N) is 1. The van der Waals surface area contributed by atoms with E-state index in [0.29, 0.717) is 0 Å². The van der Waals surface area contributed by atoms with Gasteiger partial charge >= 0.3 is 12.2 Å². The second kappa shape index (κ2) is 7.20. The van der Waals surface area contributed by atoms with E-state index in [2.05, 4.69) is 30.6 Å². The third-order valence-electron chi connectivity index (χ3n) is 5.44. The van der Waals surface area contributed by atoms with Crippen LogP contribution < -0.4 is 10.2 Å². The summed E-state index contributed by atoms with van der Waals surface area (Å²) < 4.78 is 56.8. The summed E-state index contributed by atoms with van der Waals surface area (Å²) in [4.78, 5) is 23.0. The Bertz CT molecular complexity index is 1470. The molecule has 0 aliphatic carbocycles. The molecule has 0 radical (unpaired) electrons. The maximum Gasteiger partial charge on any atom is 0.401 e. The highest BCUT2D eigenvalue weighted by Crippen LogP contribution is 2.49. The van der Waals surface area contributed by atoms with Crippen molar-refractivity contribution in [3.63, 3.8) is 0 Å². The first kappa shape index (κ1) is 21.2. The molecule has 0 bridgehead atoms. The summed E-state index contributed by atoms with van der Waals surface area (Å²) in [6.07, 6.45) is 0.256. The molecule has 1 aliphatic heterocycles. The topological polar surface area (TPSA) is 130 Å². The van der Waals surface area contributed by atoms with Gasteiger partial charge in [-0.15, -0.1) is 9.90 Å². The molecule has 172 valence electrons. The normalized spacial score (nSPS) is 17.6. The summed E-state index contributed by atoms with van der Waals surface area (Å²) in [6.45, 7) is 0.104. The van der Waals surface area contributed by atoms with Gasteiger partial charge in [0.1, 0.15) is 17.0 Å². The van der Waals surface area contributed by atoms with Crippen molar-refractivity contribution in [3.05, 3.63) is 54.1 Å². The van der Waals surface area contributed by atoms with Crippen LogP contribution in [0.3, 0.4) is 0 Å². The number of carbonyl (C=O) groups excluding carboxylic acids is 1. The van der Waals surface area contributed by atoms with Gasteiger partial charge in [-0.1, -0.05) is 0 Å². The molecule has 5 rings (SSSR count). The molecular formula is C19H12F4N10O. The second-order valence-electron chi connectivity index (χ2n) is 7.60. The molecular weight excluding hydrogens is 460 g/mol. The van der Waals surface area contributed by atoms with Gasteiger partial charge in [-0.2, -0.15) is 33.0 Å². The average molecular weight is 472 g/mol. The molecule has 0 saturated carbocycles. The molecule has 11 nitrogen and oxygen atoms in total. The van der Waals surface area contributed by atoms with E-state index in [0.717, 1.165) is 33.4 Å². The van der Waals surface area contributed by atoms with Crippen LogP contribution in [-0.2, 0) is 5.41 Å². The van der Waals surface area contributed by atoms with Gasteiger partial charge < -0.3 is 5.32 Å². The van der Waals surface area contributed by atoms with Gasteiger partial charge in [0.25, 0.3) is 0 Å². The van der Waals surface area contributed by atoms with Gasteiger partial charge in [0.15, 0.2) is 11.5 Å². The average Bonchev–Trinajstić information content (AvgIpc) is 3.50. The van der Waals surface area contributed by atoms with Gasteiger partial charge in [-0.05, 0) is 13.0 Å². The number of rotatable bonds is 2. The molecule has 1 N–H and O–H groups in total. The highest BCUT2D eigenvalue weighted by Gasteiger charge is 2.60. The van der Waals surface area contributed by atoms with Crippen molar-refractivity contribution in [2.24, 2.45) is 0 Å². The largest absolute Gasteiger partial charge is 0.401 e. The molecule has 34 heavy (non-hydrogen) atoms. The number of halogens is 4. The number of pyridine rings is 1. The molecule has 0 unspecified atom stereocenters. The number of hydrogen-bond acceptors (Lipinski definition) is 7. The highest BCUT2D eigenvalue weighted by atomic mass is 19.4. The fraction of sp³-hybridized carbons (Fsp3) is 0.211. The number of fused-ring (bicyclic) bond motifs is 3. The van der Waals surface area contributed by atoms with Crippen molar-refractivity contribution in [1.82, 2.24) is 34.6 Å². The van der Waals surface area contributed by atoms with Crippen LogP contribution in [0.1, 0.15) is 18.2 Å². The van der Waals surface area contributed by atoms with E-state index in [1.165, 1.54) is 24.7 Å². The summed E-state index contributed by atoms with van der Waals surface area (Å²) in [5.74, 6) is -0.899. The van der Waals surface area contributed by atoms with Gasteiger partial charge in [-0.25, -0.2) is 19.3 Å². The number of carbonyl (C=O) groups is 1. The van der Waals surface area contributed by atoms with Gasteiger partial charge in [0.2, 0.25) is 5.95 Å². The van der Waals surface area contributed by atoms with Crippen LogP contribution in [-0.4, -0.2) is 53.3 Å². The molecule has 4 aromatic rings. The van der Waals surface area contributed by atoms with E-state index in [1.807, 2.05) is 6.07 Å². The maximum atomic E-state index is 14.1. The monoisotopic (exact) mass is 472 g/mol. The Morgan fingerprint density at radius 2 is 1.94 bits per heavy atom. The number of anilines is 2. The lowest BCUT2D eigenvalue weighted by molar-refractivity contribution is -0.181. The lowest BCUT2D eigenvalue weighted by Crippen LogP contribution is -2.46. The molecule has 15 heteroatoms. The first-order chi connectivity index (χ1) is 16.1. The van der Waals surface area contributed by atoms with Gasteiger partial charge in [-0.3, -0.25) is 4.90 Å². The summed E-state index contributed by atoms with van der Waals surface area (Å²) in [6, 6.07) is 3.15. The van der Waals surface area contributed by atoms with E-state index >= 15 is 0 Å². The van der Waals surface area contributed by atoms with Crippen LogP contribution in [0, 0.1) is 17.3 Å². The van der Waals surface area contributed by atoms with Crippen LogP contribution >= 0.6 is 0 Å². The molecule has 0 spiro atoms. The Hall–Kier alpha value is -4.61. The summed E-state index contributed by atoms with van der Waals surface area (Å²) >= 11 is 0. The maximum absolute atomic E-state index is 14.1. The standard InChI is InChI=1S/C19H12F4N10O/c1-18(19(21,22)23)9-31(12-8-25-14-5-13(20)30-32(14)15(12)18)17(34)29-11-4-10(6-24)16(26-7-11)33-27-2-3-28-33/h2-5,7-8H,9H2,1H3,(H,29,34)/t18-/m0/s1. The predicted octanol–water partition coefficient (Wildman–Crippen LogP) is 2.59. The minimum Gasteiger partial charge on any atom is -0.306 e. The molecule has 0 fully saturated rings. The summed E-state index contributed by atoms with van der Waals surface area (Å²) in [7, 11) is 0. The zero-order chi connectivity index (χ0) is 24.3. The van der Waals surface area contributed by atoms with Crippen LogP contribution in [0.2, 0.25) is 0 Å². The Kier molecular flexibility index (Phi) is 4.50. The number of aromatic nitrogens is 7. The van der Waals surface area contributed by atoms with E-state index in [9.17, 15) is 27.6 Å². The lowest BCUT2D eigenvalue weighted by Gasteiger charge is -2.28. The van der Waals surface area contributed by atoms with Crippen molar-refractivity contribution < 1.29 is 22.4 Å². The minimum absolute atomic E-state index is 0.0198. The minimum atomic E-state index is -4.79. The zero-order valence-electron chi connectivity index (χ0n) is 17.1. The molecule has 1 aliphatic rings. The van der Waals surface area contributed by atoms with Crippen molar-refractivity contribution in [2.45, 2.75) is 18.5 Å². The number of alkyl halides is 3. The molecule has 1 atom stereocenters.